The highest BCUT2D eigenvalue weighted by Crippen LogP contribution is 1.89. The van der Waals surface area contributed by atoms with E-state index in [0.717, 1.165) is 0 Å². The normalized spacial score (nSPS) is 18.1. The molecule has 7 heavy (non-hydrogen) atoms. The molecule has 0 fully saturated rings. The molecule has 1 N–H and O–H groups in total. The van der Waals surface area contributed by atoms with Gasteiger partial charge in [0.1, 0.15) is 5.17 Å². The van der Waals surface area contributed by atoms with Crippen LogP contribution in [0.4, 0.5) is 0 Å². The first kappa shape index (κ1) is 4.65. The summed E-state index contributed by atoms with van der Waals surface area (Å²) in [5, 5.41) is 3.50. The smallest absolute Gasteiger partial charge is 0.125 e. The highest BCUT2D eigenvalue weighted by atomic mass is 35.5. The van der Waals surface area contributed by atoms with E-state index in [1.807, 2.05) is 0 Å². The van der Waals surface area contributed by atoms with Gasteiger partial charge < -0.3 is 5.32 Å². The summed E-state index contributed by atoms with van der Waals surface area (Å²) in [6, 6.07) is 0. The van der Waals surface area contributed by atoms with Gasteiger partial charge in [0.25, 0.3) is 0 Å². The van der Waals surface area contributed by atoms with Crippen LogP contribution in [0, 0.1) is 0 Å². The van der Waals surface area contributed by atoms with Crippen molar-refractivity contribution in [2.45, 2.75) is 0 Å². The van der Waals surface area contributed by atoms with Gasteiger partial charge in [0.05, 0.1) is 6.54 Å². The Morgan fingerprint density at radius 1 is 1.86 bits per heavy atom. The van der Waals surface area contributed by atoms with Gasteiger partial charge in [0.2, 0.25) is 0 Å². The number of hydrogen-bond acceptors (Lipinski definition) is 2. The minimum Gasteiger partial charge on any atom is -0.383 e. The lowest BCUT2D eigenvalue weighted by molar-refractivity contribution is 0.999. The molecule has 0 aromatic heterocycles. The lowest BCUT2D eigenvalue weighted by Gasteiger charge is -1.99. The Hall–Kier alpha value is -0.500. The second-order valence-electron chi connectivity index (χ2n) is 1.20. The van der Waals surface area contributed by atoms with Gasteiger partial charge in [0.15, 0.2) is 0 Å². The molecule has 0 bridgehead atoms. The number of aliphatic imine (C=N–C) groups is 1. The van der Waals surface area contributed by atoms with Gasteiger partial charge in [-0.25, -0.2) is 4.99 Å². The fourth-order valence-electron chi connectivity index (χ4n) is 0.360. The zero-order valence-corrected chi connectivity index (χ0v) is 4.44. The number of hydrogen-bond donors (Lipinski definition) is 1. The predicted octanol–water partition coefficient (Wildman–Crippen LogP) is 0.698. The minimum absolute atomic E-state index is 0.613. The molecule has 0 atom stereocenters. The third kappa shape index (κ3) is 1.20. The minimum atomic E-state index is 0.613. The third-order valence-corrected chi connectivity index (χ3v) is 0.886. The van der Waals surface area contributed by atoms with Crippen LogP contribution in [0.15, 0.2) is 17.4 Å². The Balaban J connectivity index is 2.57. The van der Waals surface area contributed by atoms with Crippen LogP contribution < -0.4 is 5.32 Å². The van der Waals surface area contributed by atoms with E-state index in [-0.39, 0.29) is 0 Å². The molecule has 38 valence electrons. The topological polar surface area (TPSA) is 24.4 Å². The van der Waals surface area contributed by atoms with Crippen LogP contribution in [0.5, 0.6) is 0 Å². The summed E-state index contributed by atoms with van der Waals surface area (Å²) in [4.78, 5) is 3.77. The molecule has 0 radical (unpaired) electrons. The lowest BCUT2D eigenvalue weighted by Crippen LogP contribution is -2.15. The molecule has 2 nitrogen and oxygen atoms in total. The van der Waals surface area contributed by atoms with Crippen molar-refractivity contribution in [1.29, 1.82) is 0 Å². The van der Waals surface area contributed by atoms with Gasteiger partial charge in [-0.2, -0.15) is 0 Å². The van der Waals surface area contributed by atoms with E-state index >= 15 is 0 Å². The van der Waals surface area contributed by atoms with E-state index in [2.05, 4.69) is 10.3 Å². The summed E-state index contributed by atoms with van der Waals surface area (Å²) in [6.45, 7) is 0.665. The Kier molecular flexibility index (Phi) is 1.32. The lowest BCUT2D eigenvalue weighted by atomic mass is 10.6. The van der Waals surface area contributed by atoms with Crippen molar-refractivity contribution >= 4 is 16.8 Å². The standard InChI is InChI=1S/C4H5ClN2/c5-4-3-6-1-2-7-4/h1-2,6H,3H2. The number of nitrogens with zero attached hydrogens (tertiary/aromatic N) is 1. The van der Waals surface area contributed by atoms with Gasteiger partial charge in [-0.15, -0.1) is 0 Å². The van der Waals surface area contributed by atoms with Gasteiger partial charge in [-0.3, -0.25) is 0 Å². The molecule has 1 aliphatic rings. The summed E-state index contributed by atoms with van der Waals surface area (Å²) in [5.74, 6) is 0. The average molecular weight is 117 g/mol. The molecule has 0 unspecified atom stereocenters. The molecule has 1 aliphatic heterocycles. The van der Waals surface area contributed by atoms with Crippen molar-refractivity contribution in [3.63, 3.8) is 0 Å². The Morgan fingerprint density at radius 2 is 2.71 bits per heavy atom. The number of halogens is 1. The fraction of sp³-hybridized carbons (Fsp3) is 0.250. The van der Waals surface area contributed by atoms with E-state index in [0.29, 0.717) is 11.7 Å². The first-order valence-electron chi connectivity index (χ1n) is 2.00. The monoisotopic (exact) mass is 116 g/mol. The molecule has 0 amide bonds. The Morgan fingerprint density at radius 3 is 3.00 bits per heavy atom. The van der Waals surface area contributed by atoms with Crippen LogP contribution in [-0.4, -0.2) is 11.7 Å². The van der Waals surface area contributed by atoms with E-state index in [1.165, 1.54) is 0 Å². The van der Waals surface area contributed by atoms with E-state index in [1.54, 1.807) is 12.4 Å². The SMILES string of the molecule is ClC1=NC=CNC1. The zero-order chi connectivity index (χ0) is 5.11. The van der Waals surface area contributed by atoms with Gasteiger partial charge in [0, 0.05) is 12.4 Å². The van der Waals surface area contributed by atoms with E-state index in [9.17, 15) is 0 Å². The molecule has 0 aromatic carbocycles. The molecular formula is C4H5ClN2. The van der Waals surface area contributed by atoms with Crippen molar-refractivity contribution in [3.05, 3.63) is 12.4 Å². The van der Waals surface area contributed by atoms with Gasteiger partial charge >= 0.3 is 0 Å². The maximum Gasteiger partial charge on any atom is 0.125 e. The number of rotatable bonds is 0. The fourth-order valence-corrected chi connectivity index (χ4v) is 0.493. The van der Waals surface area contributed by atoms with Crippen molar-refractivity contribution in [3.8, 4) is 0 Å². The van der Waals surface area contributed by atoms with Crippen LogP contribution in [0.2, 0.25) is 0 Å². The first-order chi connectivity index (χ1) is 3.39. The highest BCUT2D eigenvalue weighted by Gasteiger charge is 1.91. The van der Waals surface area contributed by atoms with Crippen molar-refractivity contribution in [1.82, 2.24) is 5.32 Å². The maximum absolute atomic E-state index is 5.45. The summed E-state index contributed by atoms with van der Waals surface area (Å²) in [6.07, 6.45) is 3.39. The zero-order valence-electron chi connectivity index (χ0n) is 3.69. The molecular weight excluding hydrogens is 112 g/mol. The molecule has 1 rings (SSSR count). The Labute approximate surface area is 46.9 Å². The van der Waals surface area contributed by atoms with E-state index < -0.39 is 0 Å². The summed E-state index contributed by atoms with van der Waals surface area (Å²) in [5.41, 5.74) is 0. The quantitative estimate of drug-likeness (QED) is 0.495. The number of nitrogens with one attached hydrogen (secondary N) is 1. The van der Waals surface area contributed by atoms with Gasteiger partial charge in [-0.1, -0.05) is 11.6 Å². The van der Waals surface area contributed by atoms with Crippen molar-refractivity contribution in [2.24, 2.45) is 4.99 Å². The van der Waals surface area contributed by atoms with E-state index in [4.69, 9.17) is 11.6 Å². The molecule has 0 spiro atoms. The van der Waals surface area contributed by atoms with Crippen molar-refractivity contribution in [2.75, 3.05) is 6.54 Å². The largest absolute Gasteiger partial charge is 0.383 e. The molecule has 0 saturated carbocycles. The predicted molar refractivity (Wildman–Crippen MR) is 30.4 cm³/mol. The summed E-state index contributed by atoms with van der Waals surface area (Å²) < 4.78 is 0. The molecule has 0 aromatic rings. The second-order valence-corrected chi connectivity index (χ2v) is 1.64. The Bertz CT molecular complexity index is 117. The van der Waals surface area contributed by atoms with Gasteiger partial charge in [-0.05, 0) is 0 Å². The summed E-state index contributed by atoms with van der Waals surface area (Å²) in [7, 11) is 0. The maximum atomic E-state index is 5.45. The van der Waals surface area contributed by atoms with Crippen LogP contribution >= 0.6 is 11.6 Å². The molecule has 0 saturated heterocycles. The summed E-state index contributed by atoms with van der Waals surface area (Å²) >= 11 is 5.45. The van der Waals surface area contributed by atoms with Crippen LogP contribution in [0.3, 0.4) is 0 Å². The molecule has 1 heterocycles. The first-order valence-corrected chi connectivity index (χ1v) is 2.38. The third-order valence-electron chi connectivity index (χ3n) is 0.655. The van der Waals surface area contributed by atoms with Crippen LogP contribution in [0.1, 0.15) is 0 Å². The molecule has 0 aliphatic carbocycles. The highest BCUT2D eigenvalue weighted by molar-refractivity contribution is 6.66. The second kappa shape index (κ2) is 1.98. The average Bonchev–Trinajstić information content (AvgIpc) is 1.69. The van der Waals surface area contributed by atoms with Crippen LogP contribution in [-0.2, 0) is 0 Å². The van der Waals surface area contributed by atoms with Crippen LogP contribution in [0.25, 0.3) is 0 Å². The molecule has 3 heteroatoms. The van der Waals surface area contributed by atoms with Crippen molar-refractivity contribution < 1.29 is 0 Å².